The molecule has 0 saturated heterocycles. The zero-order chi connectivity index (χ0) is 22.7. The number of carbonyl (C=O) groups is 3. The number of nitrogens with one attached hydrogen (secondary N) is 2. The van der Waals surface area contributed by atoms with Crippen LogP contribution >= 0.6 is 11.6 Å². The fraction of sp³-hybridized carbons (Fsp3) is 0.400. The zero-order valence-corrected chi connectivity index (χ0v) is 18.9. The largest absolute Gasteiger partial charge is 0.352 e. The van der Waals surface area contributed by atoms with E-state index >= 15 is 0 Å². The SMILES string of the molecule is CC(C(=O)NC1CCCCC1)N1C(=O)c2ccc(Cl)cc2NC(=O)C1Cc1ccccc1. The predicted molar refractivity (Wildman–Crippen MR) is 125 cm³/mol. The van der Waals surface area contributed by atoms with E-state index in [4.69, 9.17) is 11.6 Å². The molecule has 0 bridgehead atoms. The summed E-state index contributed by atoms with van der Waals surface area (Å²) in [7, 11) is 0. The quantitative estimate of drug-likeness (QED) is 0.712. The highest BCUT2D eigenvalue weighted by molar-refractivity contribution is 6.31. The number of hydrogen-bond donors (Lipinski definition) is 2. The summed E-state index contributed by atoms with van der Waals surface area (Å²) >= 11 is 6.11. The lowest BCUT2D eigenvalue weighted by Gasteiger charge is -2.34. The third-order valence-electron chi connectivity index (χ3n) is 6.36. The molecule has 168 valence electrons. The summed E-state index contributed by atoms with van der Waals surface area (Å²) in [5.41, 5.74) is 1.61. The van der Waals surface area contributed by atoms with E-state index in [-0.39, 0.29) is 23.8 Å². The third kappa shape index (κ3) is 4.80. The summed E-state index contributed by atoms with van der Waals surface area (Å²) < 4.78 is 0. The highest BCUT2D eigenvalue weighted by Gasteiger charge is 2.40. The minimum absolute atomic E-state index is 0.119. The summed E-state index contributed by atoms with van der Waals surface area (Å²) in [6.07, 6.45) is 5.57. The van der Waals surface area contributed by atoms with Crippen molar-refractivity contribution < 1.29 is 14.4 Å². The molecular weight excluding hydrogens is 426 g/mol. The summed E-state index contributed by atoms with van der Waals surface area (Å²) in [5, 5.41) is 6.38. The van der Waals surface area contributed by atoms with Crippen molar-refractivity contribution in [2.24, 2.45) is 0 Å². The van der Waals surface area contributed by atoms with Gasteiger partial charge in [0.25, 0.3) is 5.91 Å². The van der Waals surface area contributed by atoms with Crippen LogP contribution in [0, 0.1) is 0 Å². The highest BCUT2D eigenvalue weighted by atomic mass is 35.5. The molecule has 1 fully saturated rings. The van der Waals surface area contributed by atoms with Crippen LogP contribution in [0.4, 0.5) is 5.69 Å². The standard InChI is InChI=1S/C25H28ClN3O3/c1-16(23(30)27-19-10-6-3-7-11-19)29-22(14-17-8-4-2-5-9-17)24(31)28-21-15-18(26)12-13-20(21)25(29)32/h2,4-5,8-9,12-13,15-16,19,22H,3,6-7,10-11,14H2,1H3,(H,27,30)(H,28,31). The van der Waals surface area contributed by atoms with E-state index in [9.17, 15) is 14.4 Å². The number of carbonyl (C=O) groups excluding carboxylic acids is 3. The van der Waals surface area contributed by atoms with Crippen LogP contribution in [0.15, 0.2) is 48.5 Å². The molecule has 0 spiro atoms. The lowest BCUT2D eigenvalue weighted by Crippen LogP contribution is -2.56. The molecule has 32 heavy (non-hydrogen) atoms. The second-order valence-electron chi connectivity index (χ2n) is 8.62. The maximum absolute atomic E-state index is 13.6. The van der Waals surface area contributed by atoms with E-state index in [2.05, 4.69) is 10.6 Å². The maximum Gasteiger partial charge on any atom is 0.257 e. The highest BCUT2D eigenvalue weighted by Crippen LogP contribution is 2.29. The molecule has 2 unspecified atom stereocenters. The Morgan fingerprint density at radius 1 is 1.12 bits per heavy atom. The van der Waals surface area contributed by atoms with Gasteiger partial charge in [0, 0.05) is 17.5 Å². The number of fused-ring (bicyclic) bond motifs is 1. The molecule has 3 amide bonds. The van der Waals surface area contributed by atoms with Crippen LogP contribution in [0.2, 0.25) is 5.02 Å². The summed E-state index contributed by atoms with van der Waals surface area (Å²) in [4.78, 5) is 41.5. The van der Waals surface area contributed by atoms with Crippen molar-refractivity contribution in [3.05, 3.63) is 64.7 Å². The number of anilines is 1. The maximum atomic E-state index is 13.6. The van der Waals surface area contributed by atoms with Gasteiger partial charge >= 0.3 is 0 Å². The number of amides is 3. The second kappa shape index (κ2) is 9.74. The molecule has 1 saturated carbocycles. The fourth-order valence-corrected chi connectivity index (χ4v) is 4.77. The summed E-state index contributed by atoms with van der Waals surface area (Å²) in [6.45, 7) is 1.70. The van der Waals surface area contributed by atoms with Gasteiger partial charge in [-0.25, -0.2) is 0 Å². The van der Waals surface area contributed by atoms with E-state index in [1.165, 1.54) is 11.3 Å². The first kappa shape index (κ1) is 22.3. The van der Waals surface area contributed by atoms with E-state index < -0.39 is 12.1 Å². The Morgan fingerprint density at radius 2 is 1.84 bits per heavy atom. The van der Waals surface area contributed by atoms with Gasteiger partial charge in [-0.05, 0) is 43.5 Å². The first-order valence-corrected chi connectivity index (χ1v) is 11.6. The van der Waals surface area contributed by atoms with Gasteiger partial charge in [0.1, 0.15) is 12.1 Å². The molecule has 2 aromatic rings. The monoisotopic (exact) mass is 453 g/mol. The van der Waals surface area contributed by atoms with Gasteiger partial charge in [-0.2, -0.15) is 0 Å². The van der Waals surface area contributed by atoms with Crippen molar-refractivity contribution in [3.63, 3.8) is 0 Å². The van der Waals surface area contributed by atoms with Crippen molar-refractivity contribution in [1.29, 1.82) is 0 Å². The second-order valence-corrected chi connectivity index (χ2v) is 9.05. The van der Waals surface area contributed by atoms with Gasteiger partial charge in [-0.3, -0.25) is 14.4 Å². The van der Waals surface area contributed by atoms with Gasteiger partial charge in [-0.1, -0.05) is 61.2 Å². The Kier molecular flexibility index (Phi) is 6.80. The van der Waals surface area contributed by atoms with Crippen molar-refractivity contribution in [2.45, 2.75) is 63.6 Å². The average Bonchev–Trinajstić information content (AvgIpc) is 2.88. The van der Waals surface area contributed by atoms with Gasteiger partial charge < -0.3 is 15.5 Å². The number of nitrogens with zero attached hydrogens (tertiary/aromatic N) is 1. The van der Waals surface area contributed by atoms with Gasteiger partial charge in [0.2, 0.25) is 11.8 Å². The van der Waals surface area contributed by atoms with Crippen molar-refractivity contribution in [1.82, 2.24) is 10.2 Å². The van der Waals surface area contributed by atoms with E-state index in [0.717, 1.165) is 31.2 Å². The van der Waals surface area contributed by atoms with Crippen molar-refractivity contribution in [3.8, 4) is 0 Å². The number of rotatable bonds is 5. The van der Waals surface area contributed by atoms with E-state index in [0.29, 0.717) is 22.7 Å². The number of halogens is 1. The van der Waals surface area contributed by atoms with Crippen LogP contribution in [0.3, 0.4) is 0 Å². The molecule has 1 heterocycles. The topological polar surface area (TPSA) is 78.5 Å². The minimum Gasteiger partial charge on any atom is -0.352 e. The Morgan fingerprint density at radius 3 is 2.56 bits per heavy atom. The molecule has 1 aliphatic heterocycles. The zero-order valence-electron chi connectivity index (χ0n) is 18.1. The van der Waals surface area contributed by atoms with E-state index in [1.807, 2.05) is 30.3 Å². The molecule has 0 radical (unpaired) electrons. The molecule has 2 aromatic carbocycles. The summed E-state index contributed by atoms with van der Waals surface area (Å²) in [6, 6.07) is 12.8. The van der Waals surface area contributed by atoms with Crippen molar-refractivity contribution >= 4 is 35.0 Å². The molecule has 7 heteroatoms. The van der Waals surface area contributed by atoms with Gasteiger partial charge in [0.15, 0.2) is 0 Å². The minimum atomic E-state index is -0.830. The van der Waals surface area contributed by atoms with Crippen LogP contribution in [-0.2, 0) is 16.0 Å². The normalized spacial score (nSPS) is 20.2. The Labute approximate surface area is 193 Å². The smallest absolute Gasteiger partial charge is 0.257 e. The predicted octanol–water partition coefficient (Wildman–Crippen LogP) is 4.18. The molecule has 0 aromatic heterocycles. The fourth-order valence-electron chi connectivity index (χ4n) is 4.60. The molecule has 2 atom stereocenters. The Bertz CT molecular complexity index is 1000. The van der Waals surface area contributed by atoms with Crippen LogP contribution < -0.4 is 10.6 Å². The number of benzene rings is 2. The number of hydrogen-bond acceptors (Lipinski definition) is 3. The van der Waals surface area contributed by atoms with Crippen LogP contribution in [-0.4, -0.2) is 40.7 Å². The average molecular weight is 454 g/mol. The third-order valence-corrected chi connectivity index (χ3v) is 6.60. The Hall–Kier alpha value is -2.86. The molecule has 2 aliphatic rings. The molecule has 4 rings (SSSR count). The first-order valence-electron chi connectivity index (χ1n) is 11.2. The lowest BCUT2D eigenvalue weighted by molar-refractivity contribution is -0.129. The lowest BCUT2D eigenvalue weighted by atomic mass is 9.95. The Balaban J connectivity index is 1.67. The molecule has 1 aliphatic carbocycles. The molecule has 6 nitrogen and oxygen atoms in total. The van der Waals surface area contributed by atoms with Gasteiger partial charge in [0.05, 0.1) is 11.3 Å². The van der Waals surface area contributed by atoms with Crippen LogP contribution in [0.1, 0.15) is 54.9 Å². The van der Waals surface area contributed by atoms with E-state index in [1.54, 1.807) is 25.1 Å². The molecular formula is C25H28ClN3O3. The first-order chi connectivity index (χ1) is 15.4. The van der Waals surface area contributed by atoms with Crippen LogP contribution in [0.5, 0.6) is 0 Å². The van der Waals surface area contributed by atoms with Crippen molar-refractivity contribution in [2.75, 3.05) is 5.32 Å². The van der Waals surface area contributed by atoms with Gasteiger partial charge in [-0.15, -0.1) is 0 Å². The molecule has 2 N–H and O–H groups in total. The van der Waals surface area contributed by atoms with Crippen LogP contribution in [0.25, 0.3) is 0 Å². The summed E-state index contributed by atoms with van der Waals surface area (Å²) in [5.74, 6) is -0.920.